The zero-order valence-corrected chi connectivity index (χ0v) is 15.5. The summed E-state index contributed by atoms with van der Waals surface area (Å²) in [5.74, 6) is 1.77. The van der Waals surface area contributed by atoms with Crippen LogP contribution in [0.4, 0.5) is 0 Å². The molecule has 0 bridgehead atoms. The Kier molecular flexibility index (Phi) is 5.71. The standard InChI is InChI=1S/C19H22N4OS/c1-4-12-23-18(15-8-10-20-11-9-15)21-22-19(23)25-14(2)16-6-5-7-17(13-16)24-3/h5-11,13-14H,4,12H2,1-3H3/t14-/m0/s1. The fourth-order valence-electron chi connectivity index (χ4n) is 2.64. The van der Waals surface area contributed by atoms with Gasteiger partial charge in [-0.2, -0.15) is 0 Å². The van der Waals surface area contributed by atoms with Crippen LogP contribution in [0.15, 0.2) is 53.9 Å². The van der Waals surface area contributed by atoms with E-state index in [1.54, 1.807) is 31.3 Å². The van der Waals surface area contributed by atoms with Crippen molar-refractivity contribution in [2.45, 2.75) is 37.2 Å². The van der Waals surface area contributed by atoms with E-state index >= 15 is 0 Å². The zero-order valence-electron chi connectivity index (χ0n) is 14.7. The lowest BCUT2D eigenvalue weighted by Crippen LogP contribution is -2.03. The van der Waals surface area contributed by atoms with Crippen molar-refractivity contribution >= 4 is 11.8 Å². The molecular weight excluding hydrogens is 332 g/mol. The van der Waals surface area contributed by atoms with Crippen molar-refractivity contribution in [3.05, 3.63) is 54.4 Å². The van der Waals surface area contributed by atoms with Crippen molar-refractivity contribution in [2.75, 3.05) is 7.11 Å². The molecule has 0 aliphatic heterocycles. The SMILES string of the molecule is CCCn1c(S[C@@H](C)c2cccc(OC)c2)nnc1-c1ccncc1. The highest BCUT2D eigenvalue weighted by atomic mass is 32.2. The fourth-order valence-corrected chi connectivity index (χ4v) is 3.63. The third kappa shape index (κ3) is 4.02. The summed E-state index contributed by atoms with van der Waals surface area (Å²) in [6, 6.07) is 12.1. The lowest BCUT2D eigenvalue weighted by molar-refractivity contribution is 0.414. The number of hydrogen-bond acceptors (Lipinski definition) is 5. The maximum Gasteiger partial charge on any atom is 0.192 e. The van der Waals surface area contributed by atoms with E-state index in [0.29, 0.717) is 0 Å². The Morgan fingerprint density at radius 2 is 1.96 bits per heavy atom. The van der Waals surface area contributed by atoms with Crippen molar-refractivity contribution < 1.29 is 4.74 Å². The van der Waals surface area contributed by atoms with Crippen LogP contribution < -0.4 is 4.74 Å². The molecule has 0 saturated carbocycles. The van der Waals surface area contributed by atoms with Gasteiger partial charge in [0, 0.05) is 29.8 Å². The number of rotatable bonds is 7. The number of aromatic nitrogens is 4. The Morgan fingerprint density at radius 1 is 1.16 bits per heavy atom. The van der Waals surface area contributed by atoms with E-state index in [2.05, 4.69) is 45.7 Å². The van der Waals surface area contributed by atoms with Crippen LogP contribution in [0.25, 0.3) is 11.4 Å². The number of hydrogen-bond donors (Lipinski definition) is 0. The van der Waals surface area contributed by atoms with Crippen molar-refractivity contribution in [1.82, 2.24) is 19.7 Å². The summed E-state index contributed by atoms with van der Waals surface area (Å²) in [7, 11) is 1.69. The van der Waals surface area contributed by atoms with E-state index in [-0.39, 0.29) is 5.25 Å². The highest BCUT2D eigenvalue weighted by molar-refractivity contribution is 7.99. The molecule has 6 heteroatoms. The van der Waals surface area contributed by atoms with Crippen LogP contribution in [-0.2, 0) is 6.54 Å². The molecule has 0 spiro atoms. The van der Waals surface area contributed by atoms with E-state index in [9.17, 15) is 0 Å². The molecule has 0 fully saturated rings. The second-order valence-corrected chi connectivity index (χ2v) is 7.04. The third-order valence-corrected chi connectivity index (χ3v) is 5.09. The Hall–Kier alpha value is -2.34. The van der Waals surface area contributed by atoms with Crippen molar-refractivity contribution in [2.24, 2.45) is 0 Å². The molecule has 0 N–H and O–H groups in total. The second kappa shape index (κ2) is 8.16. The van der Waals surface area contributed by atoms with Crippen LogP contribution in [0.3, 0.4) is 0 Å². The number of methoxy groups -OCH3 is 1. The van der Waals surface area contributed by atoms with Gasteiger partial charge in [-0.1, -0.05) is 30.8 Å². The molecule has 0 unspecified atom stereocenters. The first-order chi connectivity index (χ1) is 12.2. The lowest BCUT2D eigenvalue weighted by Gasteiger charge is -2.14. The predicted molar refractivity (Wildman–Crippen MR) is 101 cm³/mol. The molecule has 3 rings (SSSR count). The molecule has 0 radical (unpaired) electrons. The topological polar surface area (TPSA) is 52.8 Å². The van der Waals surface area contributed by atoms with Gasteiger partial charge in [0.05, 0.1) is 7.11 Å². The number of thioether (sulfide) groups is 1. The number of pyridine rings is 1. The minimum absolute atomic E-state index is 0.250. The largest absolute Gasteiger partial charge is 0.497 e. The molecule has 1 aromatic carbocycles. The van der Waals surface area contributed by atoms with Gasteiger partial charge in [0.2, 0.25) is 0 Å². The van der Waals surface area contributed by atoms with E-state index in [1.165, 1.54) is 5.56 Å². The van der Waals surface area contributed by atoms with Gasteiger partial charge in [0.15, 0.2) is 11.0 Å². The molecule has 5 nitrogen and oxygen atoms in total. The van der Waals surface area contributed by atoms with Gasteiger partial charge in [-0.3, -0.25) is 4.98 Å². The van der Waals surface area contributed by atoms with E-state index in [1.807, 2.05) is 24.3 Å². The first kappa shape index (κ1) is 17.5. The maximum atomic E-state index is 5.33. The molecule has 25 heavy (non-hydrogen) atoms. The summed E-state index contributed by atoms with van der Waals surface area (Å²) < 4.78 is 7.52. The summed E-state index contributed by atoms with van der Waals surface area (Å²) in [5, 5.41) is 10.1. The predicted octanol–water partition coefficient (Wildman–Crippen LogP) is 4.61. The minimum atomic E-state index is 0.250. The number of nitrogens with zero attached hydrogens (tertiary/aromatic N) is 4. The van der Waals surface area contributed by atoms with Crippen LogP contribution >= 0.6 is 11.8 Å². The molecule has 0 saturated heterocycles. The lowest BCUT2D eigenvalue weighted by atomic mass is 10.1. The van der Waals surface area contributed by atoms with Gasteiger partial charge in [0.25, 0.3) is 0 Å². The summed E-state index contributed by atoms with van der Waals surface area (Å²) in [4.78, 5) is 4.08. The van der Waals surface area contributed by atoms with Crippen LogP contribution in [0.2, 0.25) is 0 Å². The van der Waals surface area contributed by atoms with Crippen LogP contribution in [0.1, 0.15) is 31.1 Å². The second-order valence-electron chi connectivity index (χ2n) is 5.73. The maximum absolute atomic E-state index is 5.33. The monoisotopic (exact) mass is 354 g/mol. The molecule has 2 aromatic heterocycles. The molecule has 130 valence electrons. The molecule has 0 aliphatic carbocycles. The summed E-state index contributed by atoms with van der Waals surface area (Å²) in [5.41, 5.74) is 2.25. The van der Waals surface area contributed by atoms with Gasteiger partial charge < -0.3 is 9.30 Å². The summed E-state index contributed by atoms with van der Waals surface area (Å²) in [6.07, 6.45) is 4.59. The average Bonchev–Trinajstić information content (AvgIpc) is 3.05. The van der Waals surface area contributed by atoms with E-state index in [0.717, 1.165) is 35.3 Å². The summed E-state index contributed by atoms with van der Waals surface area (Å²) in [6.45, 7) is 5.23. The quantitative estimate of drug-likeness (QED) is 0.580. The first-order valence-electron chi connectivity index (χ1n) is 8.37. The molecule has 0 aliphatic rings. The first-order valence-corrected chi connectivity index (χ1v) is 9.25. The Balaban J connectivity index is 1.88. The molecule has 3 aromatic rings. The van der Waals surface area contributed by atoms with Gasteiger partial charge >= 0.3 is 0 Å². The normalized spacial score (nSPS) is 12.1. The van der Waals surface area contributed by atoms with Crippen molar-refractivity contribution in [3.63, 3.8) is 0 Å². The molecular formula is C19H22N4OS. The van der Waals surface area contributed by atoms with Crippen LogP contribution in [0.5, 0.6) is 5.75 Å². The Morgan fingerprint density at radius 3 is 2.68 bits per heavy atom. The summed E-state index contributed by atoms with van der Waals surface area (Å²) >= 11 is 1.72. The van der Waals surface area contributed by atoms with Crippen molar-refractivity contribution in [3.8, 4) is 17.1 Å². The molecule has 1 atom stereocenters. The van der Waals surface area contributed by atoms with E-state index < -0.39 is 0 Å². The fraction of sp³-hybridized carbons (Fsp3) is 0.316. The average molecular weight is 354 g/mol. The van der Waals surface area contributed by atoms with Crippen molar-refractivity contribution in [1.29, 1.82) is 0 Å². The highest BCUT2D eigenvalue weighted by Crippen LogP contribution is 2.36. The Labute approximate surface area is 152 Å². The molecule has 2 heterocycles. The highest BCUT2D eigenvalue weighted by Gasteiger charge is 2.17. The van der Waals surface area contributed by atoms with Gasteiger partial charge in [-0.25, -0.2) is 0 Å². The minimum Gasteiger partial charge on any atom is -0.497 e. The zero-order chi connectivity index (χ0) is 17.6. The van der Waals surface area contributed by atoms with Gasteiger partial charge in [0.1, 0.15) is 5.75 Å². The van der Waals surface area contributed by atoms with Crippen LogP contribution in [0, 0.1) is 0 Å². The third-order valence-electron chi connectivity index (χ3n) is 3.95. The Bertz CT molecular complexity index is 819. The number of ether oxygens (including phenoxy) is 1. The van der Waals surface area contributed by atoms with E-state index in [4.69, 9.17) is 4.74 Å². The number of benzene rings is 1. The van der Waals surface area contributed by atoms with Crippen LogP contribution in [-0.4, -0.2) is 26.9 Å². The van der Waals surface area contributed by atoms with Gasteiger partial charge in [-0.05, 0) is 43.2 Å². The molecule has 0 amide bonds. The smallest absolute Gasteiger partial charge is 0.192 e. The van der Waals surface area contributed by atoms with Gasteiger partial charge in [-0.15, -0.1) is 10.2 Å².